The summed E-state index contributed by atoms with van der Waals surface area (Å²) < 4.78 is 0. The van der Waals surface area contributed by atoms with Crippen LogP contribution in [0.3, 0.4) is 0 Å². The Labute approximate surface area is 146 Å². The molecule has 3 aliphatic carbocycles. The highest BCUT2D eigenvalue weighted by Crippen LogP contribution is 2.61. The molecule has 2 bridgehead atoms. The molecule has 1 aliphatic heterocycles. The molecule has 1 saturated heterocycles. The molecule has 4 aliphatic rings. The third-order valence-corrected chi connectivity index (χ3v) is 6.74. The van der Waals surface area contributed by atoms with Crippen molar-refractivity contribution in [3.05, 3.63) is 70.8 Å². The topological polar surface area (TPSA) is 49.4 Å². The average Bonchev–Trinajstić information content (AvgIpc) is 2.98. The first-order valence-corrected chi connectivity index (χ1v) is 8.72. The third-order valence-electron chi connectivity index (χ3n) is 6.74. The minimum Gasteiger partial charge on any atom is -0.331 e. The molecule has 0 radical (unpaired) electrons. The summed E-state index contributed by atoms with van der Waals surface area (Å²) in [7, 11) is 0. The fraction of sp³-hybridized carbons (Fsp3) is 0.333. The number of nitrogens with one attached hydrogen (secondary N) is 1. The summed E-state index contributed by atoms with van der Waals surface area (Å²) >= 11 is 0. The van der Waals surface area contributed by atoms with Crippen molar-refractivity contribution in [2.24, 2.45) is 0 Å². The lowest BCUT2D eigenvalue weighted by molar-refractivity contribution is -0.128. The molecule has 0 saturated carbocycles. The third kappa shape index (κ3) is 1.41. The van der Waals surface area contributed by atoms with Gasteiger partial charge in [-0.25, -0.2) is 4.79 Å². The van der Waals surface area contributed by atoms with Crippen LogP contribution in [0.1, 0.15) is 43.0 Å². The van der Waals surface area contributed by atoms with Crippen LogP contribution >= 0.6 is 0 Å². The van der Waals surface area contributed by atoms with E-state index in [4.69, 9.17) is 0 Å². The largest absolute Gasteiger partial charge is 0.331 e. The molecule has 6 rings (SSSR count). The molecule has 0 spiro atoms. The highest BCUT2D eigenvalue weighted by atomic mass is 16.2. The van der Waals surface area contributed by atoms with Gasteiger partial charge in [-0.15, -0.1) is 0 Å². The summed E-state index contributed by atoms with van der Waals surface area (Å²) in [5.74, 6) is -0.197. The van der Waals surface area contributed by atoms with Crippen molar-refractivity contribution >= 4 is 11.9 Å². The molecule has 2 aromatic rings. The summed E-state index contributed by atoms with van der Waals surface area (Å²) in [5.41, 5.74) is 4.18. The number of carbonyl (C=O) groups excluding carboxylic acids is 2. The van der Waals surface area contributed by atoms with Gasteiger partial charge in [0.2, 0.25) is 5.91 Å². The van der Waals surface area contributed by atoms with Crippen molar-refractivity contribution in [1.29, 1.82) is 0 Å². The first-order valence-electron chi connectivity index (χ1n) is 8.72. The maximum atomic E-state index is 12.7. The molecule has 1 fully saturated rings. The monoisotopic (exact) mass is 332 g/mol. The number of amides is 3. The number of hydrogen-bond acceptors (Lipinski definition) is 2. The van der Waals surface area contributed by atoms with Crippen LogP contribution in [0, 0.1) is 0 Å². The maximum absolute atomic E-state index is 12.7. The highest BCUT2D eigenvalue weighted by Gasteiger charge is 2.67. The van der Waals surface area contributed by atoms with Crippen molar-refractivity contribution < 1.29 is 9.59 Å². The number of carbonyl (C=O) groups is 2. The maximum Gasteiger partial charge on any atom is 0.324 e. The van der Waals surface area contributed by atoms with Crippen LogP contribution in [-0.4, -0.2) is 28.9 Å². The van der Waals surface area contributed by atoms with E-state index in [-0.39, 0.29) is 29.4 Å². The summed E-state index contributed by atoms with van der Waals surface area (Å²) in [4.78, 5) is 26.4. The van der Waals surface area contributed by atoms with Gasteiger partial charge in [0.25, 0.3) is 0 Å². The molecule has 0 unspecified atom stereocenters. The minimum absolute atomic E-state index is 0.126. The summed E-state index contributed by atoms with van der Waals surface area (Å²) in [6.45, 7) is 5.86. The number of urea groups is 1. The molecule has 25 heavy (non-hydrogen) atoms. The lowest BCUT2D eigenvalue weighted by Crippen LogP contribution is -2.67. The van der Waals surface area contributed by atoms with E-state index in [0.717, 1.165) is 0 Å². The van der Waals surface area contributed by atoms with Crippen LogP contribution in [0.2, 0.25) is 0 Å². The summed E-state index contributed by atoms with van der Waals surface area (Å²) in [5, 5.41) is 3.13. The number of imide groups is 1. The van der Waals surface area contributed by atoms with Gasteiger partial charge in [0.15, 0.2) is 0 Å². The van der Waals surface area contributed by atoms with Crippen LogP contribution in [0.5, 0.6) is 0 Å². The Kier molecular flexibility index (Phi) is 2.54. The first-order chi connectivity index (χ1) is 11.9. The standard InChI is InChI=1S/C21H20N2O2/c1-12(24)23-18-17(22-19(23)25)20(2)13-8-4-6-10-15(13)21(18,3)16-11-7-5-9-14(16)20/h4-11,17-18H,1-3H3,(H,22,25)/t17-,18+,20?,21?/m0/s1. The average molecular weight is 332 g/mol. The quantitative estimate of drug-likeness (QED) is 0.806. The zero-order valence-electron chi connectivity index (χ0n) is 14.5. The van der Waals surface area contributed by atoms with Crippen molar-refractivity contribution in [1.82, 2.24) is 10.2 Å². The van der Waals surface area contributed by atoms with Gasteiger partial charge in [0.1, 0.15) is 0 Å². The molecule has 2 aromatic carbocycles. The first kappa shape index (κ1) is 14.7. The van der Waals surface area contributed by atoms with Gasteiger partial charge in [-0.1, -0.05) is 48.5 Å². The van der Waals surface area contributed by atoms with E-state index in [1.54, 1.807) is 0 Å². The Morgan fingerprint density at radius 3 is 1.80 bits per heavy atom. The summed E-state index contributed by atoms with van der Waals surface area (Å²) in [6, 6.07) is 16.2. The molecule has 3 amide bonds. The van der Waals surface area contributed by atoms with Crippen molar-refractivity contribution in [3.63, 3.8) is 0 Å². The zero-order valence-corrected chi connectivity index (χ0v) is 14.5. The molecule has 0 aromatic heterocycles. The number of hydrogen-bond donors (Lipinski definition) is 1. The Balaban J connectivity index is 1.92. The van der Waals surface area contributed by atoms with Gasteiger partial charge in [0.05, 0.1) is 12.1 Å². The SMILES string of the molecule is CC(=O)N1C(=O)N[C@H]2[C@@H]1C1(C)c3ccccc3C2(C)c2ccccc21. The van der Waals surface area contributed by atoms with Crippen LogP contribution in [0.4, 0.5) is 4.79 Å². The van der Waals surface area contributed by atoms with Crippen LogP contribution in [-0.2, 0) is 15.6 Å². The van der Waals surface area contributed by atoms with Gasteiger partial charge in [-0.05, 0) is 36.1 Å². The van der Waals surface area contributed by atoms with Gasteiger partial charge in [-0.3, -0.25) is 9.69 Å². The minimum atomic E-state index is -0.416. The van der Waals surface area contributed by atoms with Crippen LogP contribution in [0.25, 0.3) is 0 Å². The lowest BCUT2D eigenvalue weighted by atomic mass is 9.46. The van der Waals surface area contributed by atoms with Gasteiger partial charge in [-0.2, -0.15) is 0 Å². The van der Waals surface area contributed by atoms with E-state index in [1.807, 2.05) is 12.1 Å². The fourth-order valence-electron chi connectivity index (χ4n) is 5.67. The predicted molar refractivity (Wildman–Crippen MR) is 94.4 cm³/mol. The molecule has 1 heterocycles. The van der Waals surface area contributed by atoms with E-state index >= 15 is 0 Å². The van der Waals surface area contributed by atoms with Crippen LogP contribution < -0.4 is 5.32 Å². The van der Waals surface area contributed by atoms with Crippen LogP contribution in [0.15, 0.2) is 48.5 Å². The van der Waals surface area contributed by atoms with Crippen molar-refractivity contribution in [3.8, 4) is 0 Å². The Hall–Kier alpha value is -2.62. The highest BCUT2D eigenvalue weighted by molar-refractivity contribution is 5.97. The molecular formula is C21H20N2O2. The predicted octanol–water partition coefficient (Wildman–Crippen LogP) is 2.93. The molecular weight excluding hydrogens is 312 g/mol. The normalized spacial score (nSPS) is 34.2. The zero-order chi connectivity index (χ0) is 17.6. The number of nitrogens with zero attached hydrogens (tertiary/aromatic N) is 1. The number of rotatable bonds is 0. The van der Waals surface area contributed by atoms with Crippen molar-refractivity contribution in [2.45, 2.75) is 43.7 Å². The Morgan fingerprint density at radius 2 is 1.36 bits per heavy atom. The van der Waals surface area contributed by atoms with E-state index in [2.05, 4.69) is 55.6 Å². The lowest BCUT2D eigenvalue weighted by Gasteiger charge is -2.59. The van der Waals surface area contributed by atoms with Gasteiger partial charge in [0, 0.05) is 17.8 Å². The van der Waals surface area contributed by atoms with Crippen molar-refractivity contribution in [2.75, 3.05) is 0 Å². The van der Waals surface area contributed by atoms with E-state index in [0.29, 0.717) is 0 Å². The molecule has 2 atom stereocenters. The number of benzene rings is 2. The molecule has 4 heteroatoms. The fourth-order valence-corrected chi connectivity index (χ4v) is 5.67. The second-order valence-corrected chi connectivity index (χ2v) is 7.76. The van der Waals surface area contributed by atoms with E-state index in [9.17, 15) is 9.59 Å². The Bertz CT molecular complexity index is 901. The van der Waals surface area contributed by atoms with E-state index in [1.165, 1.54) is 34.1 Å². The molecule has 1 N–H and O–H groups in total. The molecule has 4 nitrogen and oxygen atoms in total. The Morgan fingerprint density at radius 1 is 0.920 bits per heavy atom. The second-order valence-electron chi connectivity index (χ2n) is 7.76. The smallest absolute Gasteiger partial charge is 0.324 e. The van der Waals surface area contributed by atoms with Gasteiger partial charge < -0.3 is 5.32 Å². The van der Waals surface area contributed by atoms with E-state index < -0.39 is 5.41 Å². The van der Waals surface area contributed by atoms with Gasteiger partial charge >= 0.3 is 6.03 Å². The molecule has 126 valence electrons. The summed E-state index contributed by atoms with van der Waals surface area (Å²) in [6.07, 6.45) is 0. The second kappa shape index (κ2) is 4.31.